The molecule has 2 N–H and O–H groups in total. The van der Waals surface area contributed by atoms with Crippen LogP contribution in [0, 0.1) is 0 Å². The summed E-state index contributed by atoms with van der Waals surface area (Å²) >= 11 is 3.23. The average Bonchev–Trinajstić information content (AvgIpc) is 2.43. The molecule has 0 aliphatic carbocycles. The van der Waals surface area contributed by atoms with E-state index < -0.39 is 27.8 Å². The minimum atomic E-state index is -3.27. The number of aliphatic carboxylic acids is 1. The third kappa shape index (κ3) is 5.84. The van der Waals surface area contributed by atoms with Crippen molar-refractivity contribution >= 4 is 37.6 Å². The lowest BCUT2D eigenvalue weighted by Gasteiger charge is -2.14. The fourth-order valence-corrected chi connectivity index (χ4v) is 2.69. The molecule has 0 aromatic heterocycles. The van der Waals surface area contributed by atoms with Crippen LogP contribution in [0.2, 0.25) is 0 Å². The number of hydrogen-bond acceptors (Lipinski definition) is 4. The van der Waals surface area contributed by atoms with Gasteiger partial charge in [0.15, 0.2) is 0 Å². The number of benzene rings is 1. The second-order valence-corrected chi connectivity index (χ2v) is 7.78. The zero-order chi connectivity index (χ0) is 16.0. The van der Waals surface area contributed by atoms with Crippen LogP contribution in [0.4, 0.5) is 0 Å². The summed E-state index contributed by atoms with van der Waals surface area (Å²) in [6.07, 6.45) is -0.159. The molecule has 1 amide bonds. The monoisotopic (exact) mass is 377 g/mol. The largest absolute Gasteiger partial charge is 0.480 e. The zero-order valence-corrected chi connectivity index (χ0v) is 13.8. The van der Waals surface area contributed by atoms with E-state index in [4.69, 9.17) is 5.11 Å². The number of carboxylic acids is 1. The van der Waals surface area contributed by atoms with Crippen LogP contribution in [0.5, 0.6) is 0 Å². The number of carbonyl (C=O) groups is 2. The van der Waals surface area contributed by atoms with E-state index in [2.05, 4.69) is 21.2 Å². The molecule has 21 heavy (non-hydrogen) atoms. The van der Waals surface area contributed by atoms with Gasteiger partial charge in [0.25, 0.3) is 5.91 Å². The maximum atomic E-state index is 11.9. The van der Waals surface area contributed by atoms with E-state index in [1.807, 2.05) is 0 Å². The maximum Gasteiger partial charge on any atom is 0.326 e. The highest BCUT2D eigenvalue weighted by molar-refractivity contribution is 9.10. The molecule has 116 valence electrons. The van der Waals surface area contributed by atoms with Gasteiger partial charge in [-0.15, -0.1) is 0 Å². The van der Waals surface area contributed by atoms with Gasteiger partial charge in [-0.05, 0) is 30.7 Å². The number of rotatable bonds is 7. The number of sulfone groups is 1. The van der Waals surface area contributed by atoms with Crippen LogP contribution in [0.15, 0.2) is 28.7 Å². The van der Waals surface area contributed by atoms with E-state index >= 15 is 0 Å². The first-order valence-electron chi connectivity index (χ1n) is 6.25. The fraction of sp³-hybridized carbons (Fsp3) is 0.385. The highest BCUT2D eigenvalue weighted by Crippen LogP contribution is 2.11. The van der Waals surface area contributed by atoms with E-state index in [-0.39, 0.29) is 17.9 Å². The Labute approximate surface area is 131 Å². The van der Waals surface area contributed by atoms with Crippen molar-refractivity contribution in [3.63, 3.8) is 0 Å². The quantitative estimate of drug-likeness (QED) is 0.748. The first kappa shape index (κ1) is 17.6. The summed E-state index contributed by atoms with van der Waals surface area (Å²) in [6.45, 7) is 1.49. The van der Waals surface area contributed by atoms with Crippen LogP contribution in [0.25, 0.3) is 0 Å². The second-order valence-electron chi connectivity index (χ2n) is 4.40. The van der Waals surface area contributed by atoms with Gasteiger partial charge >= 0.3 is 5.97 Å². The number of nitrogens with one attached hydrogen (secondary N) is 1. The van der Waals surface area contributed by atoms with Gasteiger partial charge in [0.05, 0.1) is 5.75 Å². The highest BCUT2D eigenvalue weighted by atomic mass is 79.9. The predicted octanol–water partition coefficient (Wildman–Crippen LogP) is 1.46. The fourth-order valence-electron chi connectivity index (χ4n) is 1.54. The van der Waals surface area contributed by atoms with Gasteiger partial charge < -0.3 is 10.4 Å². The Morgan fingerprint density at radius 2 is 1.86 bits per heavy atom. The molecule has 0 fully saturated rings. The van der Waals surface area contributed by atoms with Gasteiger partial charge in [0.1, 0.15) is 15.9 Å². The first-order valence-corrected chi connectivity index (χ1v) is 8.86. The molecule has 8 heteroatoms. The Hall–Kier alpha value is -1.41. The van der Waals surface area contributed by atoms with Crippen molar-refractivity contribution in [2.24, 2.45) is 0 Å². The Kier molecular flexibility index (Phi) is 6.35. The Morgan fingerprint density at radius 1 is 1.29 bits per heavy atom. The van der Waals surface area contributed by atoms with Gasteiger partial charge in [-0.3, -0.25) is 4.79 Å². The molecule has 1 atom stereocenters. The summed E-state index contributed by atoms with van der Waals surface area (Å²) in [4.78, 5) is 23.0. The summed E-state index contributed by atoms with van der Waals surface area (Å²) in [5.41, 5.74) is 0.308. The Balaban J connectivity index is 2.72. The molecule has 1 rings (SSSR count). The van der Waals surface area contributed by atoms with E-state index in [0.717, 1.165) is 4.47 Å². The Morgan fingerprint density at radius 3 is 2.33 bits per heavy atom. The number of hydrogen-bond donors (Lipinski definition) is 2. The van der Waals surface area contributed by atoms with Crippen LogP contribution in [-0.2, 0) is 14.6 Å². The summed E-state index contributed by atoms with van der Waals surface area (Å²) in [5.74, 6) is -2.14. The second kappa shape index (κ2) is 7.56. The molecule has 0 bridgehead atoms. The van der Waals surface area contributed by atoms with Crippen molar-refractivity contribution in [1.82, 2.24) is 5.32 Å². The first-order chi connectivity index (χ1) is 9.75. The molecule has 1 aromatic carbocycles. The molecular weight excluding hydrogens is 362 g/mol. The molecule has 0 aliphatic heterocycles. The standard InChI is InChI=1S/C13H16BrNO5S/c1-2-21(19,20)8-7-11(13(17)18)15-12(16)9-3-5-10(14)6-4-9/h3-6,11H,2,7-8H2,1H3,(H,15,16)(H,17,18). The summed E-state index contributed by atoms with van der Waals surface area (Å²) in [7, 11) is -3.27. The summed E-state index contributed by atoms with van der Waals surface area (Å²) in [5, 5.41) is 11.4. The number of amides is 1. The molecule has 0 saturated heterocycles. The summed E-state index contributed by atoms with van der Waals surface area (Å²) < 4.78 is 23.6. The lowest BCUT2D eigenvalue weighted by atomic mass is 10.1. The van der Waals surface area contributed by atoms with Crippen LogP contribution in [0.1, 0.15) is 23.7 Å². The minimum Gasteiger partial charge on any atom is -0.480 e. The zero-order valence-electron chi connectivity index (χ0n) is 11.4. The van der Waals surface area contributed by atoms with Crippen molar-refractivity contribution < 1.29 is 23.1 Å². The van der Waals surface area contributed by atoms with Gasteiger partial charge in [0.2, 0.25) is 0 Å². The minimum absolute atomic E-state index is 0.0556. The van der Waals surface area contributed by atoms with Crippen molar-refractivity contribution in [1.29, 1.82) is 0 Å². The van der Waals surface area contributed by atoms with Crippen molar-refractivity contribution in [2.75, 3.05) is 11.5 Å². The van der Waals surface area contributed by atoms with Crippen LogP contribution in [-0.4, -0.2) is 42.9 Å². The molecular formula is C13H16BrNO5S. The number of halogens is 1. The van der Waals surface area contributed by atoms with E-state index in [1.165, 1.54) is 6.92 Å². The summed E-state index contributed by atoms with van der Waals surface area (Å²) in [6, 6.07) is 5.17. The van der Waals surface area contributed by atoms with Gasteiger partial charge in [-0.1, -0.05) is 22.9 Å². The number of carboxylic acid groups (broad SMARTS) is 1. The third-order valence-electron chi connectivity index (χ3n) is 2.87. The van der Waals surface area contributed by atoms with E-state index in [1.54, 1.807) is 24.3 Å². The van der Waals surface area contributed by atoms with E-state index in [9.17, 15) is 18.0 Å². The topological polar surface area (TPSA) is 101 Å². The smallest absolute Gasteiger partial charge is 0.326 e. The maximum absolute atomic E-state index is 11.9. The normalized spacial score (nSPS) is 12.7. The average molecular weight is 378 g/mol. The SMILES string of the molecule is CCS(=O)(=O)CCC(NC(=O)c1ccc(Br)cc1)C(=O)O. The van der Waals surface area contributed by atoms with Crippen LogP contribution >= 0.6 is 15.9 Å². The van der Waals surface area contributed by atoms with Crippen molar-refractivity contribution in [3.05, 3.63) is 34.3 Å². The molecule has 1 unspecified atom stereocenters. The van der Waals surface area contributed by atoms with Crippen molar-refractivity contribution in [2.45, 2.75) is 19.4 Å². The van der Waals surface area contributed by atoms with Crippen LogP contribution in [0.3, 0.4) is 0 Å². The van der Waals surface area contributed by atoms with Gasteiger partial charge in [-0.25, -0.2) is 13.2 Å². The predicted molar refractivity (Wildman–Crippen MR) is 82.0 cm³/mol. The lowest BCUT2D eigenvalue weighted by Crippen LogP contribution is -2.42. The van der Waals surface area contributed by atoms with Crippen molar-refractivity contribution in [3.8, 4) is 0 Å². The van der Waals surface area contributed by atoms with Gasteiger partial charge in [-0.2, -0.15) is 0 Å². The lowest BCUT2D eigenvalue weighted by molar-refractivity contribution is -0.139. The van der Waals surface area contributed by atoms with E-state index in [0.29, 0.717) is 5.56 Å². The molecule has 0 aliphatic rings. The van der Waals surface area contributed by atoms with Crippen LogP contribution < -0.4 is 5.32 Å². The molecule has 6 nitrogen and oxygen atoms in total. The highest BCUT2D eigenvalue weighted by Gasteiger charge is 2.22. The number of carbonyl (C=O) groups excluding carboxylic acids is 1. The molecule has 0 spiro atoms. The Bertz CT molecular complexity index is 612. The molecule has 0 saturated carbocycles. The molecule has 0 radical (unpaired) electrons. The van der Waals surface area contributed by atoms with Gasteiger partial charge in [0, 0.05) is 15.8 Å². The molecule has 1 aromatic rings. The molecule has 0 heterocycles. The third-order valence-corrected chi connectivity index (χ3v) is 5.13.